The minimum atomic E-state index is -0.00187. The fraction of sp³-hybridized carbons (Fsp3) is 0.500. The fourth-order valence-electron chi connectivity index (χ4n) is 3.49. The van der Waals surface area contributed by atoms with Crippen LogP contribution in [0.4, 0.5) is 5.82 Å². The molecule has 7 heteroatoms. The molecule has 1 saturated carbocycles. The van der Waals surface area contributed by atoms with Gasteiger partial charge in [-0.05, 0) is 44.1 Å². The van der Waals surface area contributed by atoms with Crippen LogP contribution in [0.5, 0.6) is 0 Å². The molecule has 3 aromatic heterocycles. The zero-order valence-electron chi connectivity index (χ0n) is 13.9. The Hall–Kier alpha value is -1.57. The summed E-state index contributed by atoms with van der Waals surface area (Å²) in [6, 6.07) is 0. The summed E-state index contributed by atoms with van der Waals surface area (Å²) in [6.45, 7) is 0.642. The van der Waals surface area contributed by atoms with Crippen LogP contribution in [0.15, 0.2) is 5.38 Å². The van der Waals surface area contributed by atoms with Gasteiger partial charge in [0, 0.05) is 16.2 Å². The third kappa shape index (κ3) is 2.94. The number of nitrogens with zero attached hydrogens (tertiary/aromatic N) is 3. The molecule has 25 heavy (non-hydrogen) atoms. The molecule has 1 fully saturated rings. The first-order chi connectivity index (χ1) is 12.3. The highest BCUT2D eigenvalue weighted by Crippen LogP contribution is 2.43. The van der Waals surface area contributed by atoms with Gasteiger partial charge in [-0.15, -0.1) is 22.7 Å². The lowest BCUT2D eigenvalue weighted by molar-refractivity contribution is 0.277. The lowest BCUT2D eigenvalue weighted by Gasteiger charge is -2.13. The van der Waals surface area contributed by atoms with Crippen molar-refractivity contribution in [1.82, 2.24) is 15.0 Å². The lowest BCUT2D eigenvalue weighted by Crippen LogP contribution is -2.06. The molecule has 3 aromatic rings. The molecule has 3 heterocycles. The van der Waals surface area contributed by atoms with Gasteiger partial charge in [0.05, 0.1) is 24.2 Å². The van der Waals surface area contributed by atoms with E-state index in [0.717, 1.165) is 33.6 Å². The monoisotopic (exact) mass is 372 g/mol. The Bertz CT molecular complexity index is 929. The number of hydrogen-bond donors (Lipinski definition) is 2. The van der Waals surface area contributed by atoms with E-state index in [9.17, 15) is 5.11 Å². The summed E-state index contributed by atoms with van der Waals surface area (Å²) in [5, 5.41) is 16.8. The molecule has 5 rings (SSSR count). The maximum atomic E-state index is 9.19. The number of anilines is 1. The molecule has 0 atom stereocenters. The molecule has 0 radical (unpaired) electrons. The van der Waals surface area contributed by atoms with Gasteiger partial charge < -0.3 is 10.4 Å². The van der Waals surface area contributed by atoms with E-state index < -0.39 is 0 Å². The number of rotatable bonds is 5. The Morgan fingerprint density at radius 1 is 1.16 bits per heavy atom. The van der Waals surface area contributed by atoms with Gasteiger partial charge in [0.25, 0.3) is 0 Å². The predicted molar refractivity (Wildman–Crippen MR) is 101 cm³/mol. The van der Waals surface area contributed by atoms with Crippen LogP contribution in [-0.4, -0.2) is 20.1 Å². The number of thiazole rings is 1. The van der Waals surface area contributed by atoms with Crippen molar-refractivity contribution in [2.75, 3.05) is 5.32 Å². The molecular weight excluding hydrogens is 352 g/mol. The smallest absolute Gasteiger partial charge is 0.139 e. The largest absolute Gasteiger partial charge is 0.390 e. The van der Waals surface area contributed by atoms with E-state index in [4.69, 9.17) is 9.97 Å². The molecule has 0 saturated heterocycles. The van der Waals surface area contributed by atoms with Gasteiger partial charge in [0.2, 0.25) is 0 Å². The minimum absolute atomic E-state index is 0.00187. The second kappa shape index (κ2) is 6.30. The molecule has 2 N–H and O–H groups in total. The van der Waals surface area contributed by atoms with Gasteiger partial charge in [-0.2, -0.15) is 0 Å². The Balaban J connectivity index is 1.53. The standard InChI is InChI=1S/C18H20N4OS2/c23-8-11-9-24-14(20-11)7-19-17-15-12-3-1-2-4-13(12)25-18(15)22-16(21-17)10-5-6-10/h9-10,23H,1-8H2,(H,19,21,22). The number of nitrogens with one attached hydrogen (secondary N) is 1. The molecule has 0 aromatic carbocycles. The van der Waals surface area contributed by atoms with E-state index in [2.05, 4.69) is 10.3 Å². The van der Waals surface area contributed by atoms with Crippen LogP contribution in [0.1, 0.15) is 58.6 Å². The summed E-state index contributed by atoms with van der Waals surface area (Å²) in [5.74, 6) is 2.53. The number of aliphatic hydroxyl groups excluding tert-OH is 1. The molecule has 2 aliphatic carbocycles. The predicted octanol–water partition coefficient (Wildman–Crippen LogP) is 4.01. The van der Waals surface area contributed by atoms with Crippen molar-refractivity contribution in [3.05, 3.63) is 32.3 Å². The third-order valence-electron chi connectivity index (χ3n) is 4.94. The van der Waals surface area contributed by atoms with E-state index in [1.54, 1.807) is 11.3 Å². The Morgan fingerprint density at radius 3 is 2.84 bits per heavy atom. The average Bonchev–Trinajstić information content (AvgIpc) is 3.27. The van der Waals surface area contributed by atoms with Crippen molar-refractivity contribution in [3.63, 3.8) is 0 Å². The summed E-state index contributed by atoms with van der Waals surface area (Å²) in [6.07, 6.45) is 7.29. The third-order valence-corrected chi connectivity index (χ3v) is 7.03. The maximum Gasteiger partial charge on any atom is 0.139 e. The first-order valence-corrected chi connectivity index (χ1v) is 10.6. The highest BCUT2D eigenvalue weighted by molar-refractivity contribution is 7.19. The summed E-state index contributed by atoms with van der Waals surface area (Å²) < 4.78 is 0. The van der Waals surface area contributed by atoms with E-state index >= 15 is 0 Å². The van der Waals surface area contributed by atoms with Gasteiger partial charge >= 0.3 is 0 Å². The van der Waals surface area contributed by atoms with Gasteiger partial charge in [0.15, 0.2) is 0 Å². The lowest BCUT2D eigenvalue weighted by atomic mass is 9.97. The molecular formula is C18H20N4OS2. The number of aromatic nitrogens is 3. The second-order valence-electron chi connectivity index (χ2n) is 6.84. The summed E-state index contributed by atoms with van der Waals surface area (Å²) in [4.78, 5) is 16.9. The number of aryl methyl sites for hydroxylation is 2. The van der Waals surface area contributed by atoms with Crippen molar-refractivity contribution in [2.45, 2.75) is 57.6 Å². The quantitative estimate of drug-likeness (QED) is 0.708. The molecule has 0 amide bonds. The van der Waals surface area contributed by atoms with E-state index in [1.807, 2.05) is 16.7 Å². The van der Waals surface area contributed by atoms with Crippen molar-refractivity contribution in [2.24, 2.45) is 0 Å². The molecule has 130 valence electrons. The minimum Gasteiger partial charge on any atom is -0.390 e. The normalized spacial score (nSPS) is 17.0. The fourth-order valence-corrected chi connectivity index (χ4v) is 5.48. The molecule has 0 aliphatic heterocycles. The van der Waals surface area contributed by atoms with Crippen LogP contribution < -0.4 is 5.32 Å². The summed E-state index contributed by atoms with van der Waals surface area (Å²) >= 11 is 3.44. The molecule has 0 spiro atoms. The highest BCUT2D eigenvalue weighted by Gasteiger charge is 2.29. The summed E-state index contributed by atoms with van der Waals surface area (Å²) in [5.41, 5.74) is 2.20. The number of aliphatic hydroxyl groups is 1. The number of thiophene rings is 1. The Kier molecular flexibility index (Phi) is 3.95. The molecule has 2 aliphatic rings. The van der Waals surface area contributed by atoms with E-state index in [-0.39, 0.29) is 6.61 Å². The number of fused-ring (bicyclic) bond motifs is 3. The maximum absolute atomic E-state index is 9.19. The van der Waals surface area contributed by atoms with E-state index in [1.165, 1.54) is 47.9 Å². The summed E-state index contributed by atoms with van der Waals surface area (Å²) in [7, 11) is 0. The molecule has 5 nitrogen and oxygen atoms in total. The van der Waals surface area contributed by atoms with Crippen LogP contribution in [0.2, 0.25) is 0 Å². The topological polar surface area (TPSA) is 70.9 Å². The number of hydrogen-bond acceptors (Lipinski definition) is 7. The Labute approximate surface area is 154 Å². The van der Waals surface area contributed by atoms with Crippen molar-refractivity contribution >= 4 is 38.7 Å². The van der Waals surface area contributed by atoms with Crippen LogP contribution in [-0.2, 0) is 26.0 Å². The van der Waals surface area contributed by atoms with Crippen LogP contribution in [0, 0.1) is 0 Å². The van der Waals surface area contributed by atoms with Gasteiger partial charge in [0.1, 0.15) is 21.5 Å². The van der Waals surface area contributed by atoms with Gasteiger partial charge in [-0.1, -0.05) is 0 Å². The zero-order valence-corrected chi connectivity index (χ0v) is 15.5. The highest BCUT2D eigenvalue weighted by atomic mass is 32.1. The van der Waals surface area contributed by atoms with Crippen molar-refractivity contribution < 1.29 is 5.11 Å². The van der Waals surface area contributed by atoms with Crippen molar-refractivity contribution in [3.8, 4) is 0 Å². The van der Waals surface area contributed by atoms with Crippen LogP contribution >= 0.6 is 22.7 Å². The van der Waals surface area contributed by atoms with E-state index in [0.29, 0.717) is 12.5 Å². The zero-order chi connectivity index (χ0) is 16.8. The first-order valence-electron chi connectivity index (χ1n) is 8.92. The van der Waals surface area contributed by atoms with Crippen LogP contribution in [0.3, 0.4) is 0 Å². The average molecular weight is 373 g/mol. The van der Waals surface area contributed by atoms with Crippen molar-refractivity contribution in [1.29, 1.82) is 0 Å². The SMILES string of the molecule is OCc1csc(CNc2nc(C3CC3)nc3sc4c(c23)CCCC4)n1. The van der Waals surface area contributed by atoms with Crippen LogP contribution in [0.25, 0.3) is 10.2 Å². The van der Waals surface area contributed by atoms with Gasteiger partial charge in [-0.25, -0.2) is 15.0 Å². The van der Waals surface area contributed by atoms with Gasteiger partial charge in [-0.3, -0.25) is 0 Å². The Morgan fingerprint density at radius 2 is 2.04 bits per heavy atom. The first kappa shape index (κ1) is 15.7. The second-order valence-corrected chi connectivity index (χ2v) is 8.87. The molecule has 0 unspecified atom stereocenters. The molecule has 0 bridgehead atoms.